The van der Waals surface area contributed by atoms with Gasteiger partial charge < -0.3 is 23.7 Å². The lowest BCUT2D eigenvalue weighted by Gasteiger charge is -2.13. The molecule has 0 bridgehead atoms. The standard InChI is InChI=1S/C25H16N2O6/c26-12-19-18(21-2-1-9-30-21)11-20(17-7-8-22-23(10-17)33-14-32-22)27-24(19)31-13-15-3-5-16(6-4-15)25(28)29/h1-11H,13-14H2,(H,28,29). The van der Waals surface area contributed by atoms with Gasteiger partial charge in [0, 0.05) is 11.1 Å². The first kappa shape index (κ1) is 20.2. The molecule has 1 N–H and O–H groups in total. The van der Waals surface area contributed by atoms with Crippen LogP contribution in [0.2, 0.25) is 0 Å². The van der Waals surface area contributed by atoms with Crippen molar-refractivity contribution in [3.05, 3.63) is 83.6 Å². The van der Waals surface area contributed by atoms with Gasteiger partial charge in [0.15, 0.2) is 11.5 Å². The third-order valence-corrected chi connectivity index (χ3v) is 5.13. The van der Waals surface area contributed by atoms with Crippen LogP contribution in [0, 0.1) is 11.3 Å². The fourth-order valence-corrected chi connectivity index (χ4v) is 3.46. The van der Waals surface area contributed by atoms with Crippen molar-refractivity contribution in [2.45, 2.75) is 6.61 Å². The van der Waals surface area contributed by atoms with Gasteiger partial charge >= 0.3 is 5.97 Å². The molecule has 33 heavy (non-hydrogen) atoms. The number of pyridine rings is 1. The molecule has 2 aromatic heterocycles. The predicted octanol–water partition coefficient (Wildman–Crippen LogP) is 4.89. The zero-order valence-electron chi connectivity index (χ0n) is 17.1. The second kappa shape index (κ2) is 8.40. The van der Waals surface area contributed by atoms with Gasteiger partial charge in [-0.2, -0.15) is 5.26 Å². The van der Waals surface area contributed by atoms with Gasteiger partial charge in [-0.15, -0.1) is 0 Å². The maximum atomic E-state index is 11.1. The van der Waals surface area contributed by atoms with Crippen LogP contribution in [0.5, 0.6) is 17.4 Å². The van der Waals surface area contributed by atoms with Gasteiger partial charge in [-0.1, -0.05) is 12.1 Å². The monoisotopic (exact) mass is 440 g/mol. The van der Waals surface area contributed by atoms with Crippen LogP contribution in [0.4, 0.5) is 0 Å². The van der Waals surface area contributed by atoms with Gasteiger partial charge in [0.25, 0.3) is 0 Å². The minimum absolute atomic E-state index is 0.101. The zero-order chi connectivity index (χ0) is 22.8. The molecule has 5 rings (SSSR count). The second-order valence-electron chi connectivity index (χ2n) is 7.18. The van der Waals surface area contributed by atoms with E-state index < -0.39 is 5.97 Å². The molecule has 8 nitrogen and oxygen atoms in total. The molecule has 0 fully saturated rings. The Labute approximate surface area is 188 Å². The van der Waals surface area contributed by atoms with Crippen LogP contribution in [0.15, 0.2) is 71.3 Å². The molecule has 0 saturated heterocycles. The Morgan fingerprint density at radius 3 is 2.64 bits per heavy atom. The first-order valence-electron chi connectivity index (χ1n) is 9.96. The molecule has 162 valence electrons. The van der Waals surface area contributed by atoms with E-state index in [1.54, 1.807) is 36.4 Å². The van der Waals surface area contributed by atoms with Gasteiger partial charge in [-0.3, -0.25) is 0 Å². The topological polar surface area (TPSA) is 115 Å². The largest absolute Gasteiger partial charge is 0.478 e. The van der Waals surface area contributed by atoms with Gasteiger partial charge in [0.1, 0.15) is 24.0 Å². The average molecular weight is 440 g/mol. The zero-order valence-corrected chi connectivity index (χ0v) is 17.1. The molecule has 4 aromatic rings. The van der Waals surface area contributed by atoms with Crippen molar-refractivity contribution in [3.8, 4) is 46.0 Å². The smallest absolute Gasteiger partial charge is 0.335 e. The highest BCUT2D eigenvalue weighted by atomic mass is 16.7. The molecule has 1 aliphatic rings. The molecule has 2 aromatic carbocycles. The number of nitrogens with zero attached hydrogens (tertiary/aromatic N) is 2. The normalized spacial score (nSPS) is 11.7. The second-order valence-corrected chi connectivity index (χ2v) is 7.18. The minimum Gasteiger partial charge on any atom is -0.478 e. The van der Waals surface area contributed by atoms with E-state index in [2.05, 4.69) is 11.1 Å². The molecule has 3 heterocycles. The Bertz CT molecular complexity index is 1370. The van der Waals surface area contributed by atoms with Gasteiger partial charge in [0.2, 0.25) is 12.7 Å². The molecule has 0 aliphatic carbocycles. The Kier molecular flexibility index (Phi) is 5.13. The maximum Gasteiger partial charge on any atom is 0.335 e. The Morgan fingerprint density at radius 2 is 1.91 bits per heavy atom. The van der Waals surface area contributed by atoms with Crippen molar-refractivity contribution >= 4 is 5.97 Å². The van der Waals surface area contributed by atoms with Crippen molar-refractivity contribution in [3.63, 3.8) is 0 Å². The lowest BCUT2D eigenvalue weighted by Crippen LogP contribution is -2.03. The lowest BCUT2D eigenvalue weighted by molar-refractivity contribution is 0.0697. The van der Waals surface area contributed by atoms with Crippen LogP contribution in [-0.4, -0.2) is 22.9 Å². The number of carboxylic acid groups (broad SMARTS) is 1. The van der Waals surface area contributed by atoms with Crippen LogP contribution in [0.1, 0.15) is 21.5 Å². The third kappa shape index (κ3) is 3.95. The number of nitriles is 1. The SMILES string of the molecule is N#Cc1c(-c2ccco2)cc(-c2ccc3c(c2)OCO3)nc1OCc1ccc(C(=O)O)cc1. The molecular weight excluding hydrogens is 424 g/mol. The predicted molar refractivity (Wildman–Crippen MR) is 116 cm³/mol. The lowest BCUT2D eigenvalue weighted by atomic mass is 10.0. The number of aromatic carboxylic acids is 1. The van der Waals surface area contributed by atoms with Gasteiger partial charge in [0.05, 0.1) is 17.5 Å². The number of hydrogen-bond donors (Lipinski definition) is 1. The Balaban J connectivity index is 1.54. The van der Waals surface area contributed by atoms with E-state index >= 15 is 0 Å². The van der Waals surface area contributed by atoms with Crippen molar-refractivity contribution in [1.29, 1.82) is 5.26 Å². The molecule has 0 spiro atoms. The summed E-state index contributed by atoms with van der Waals surface area (Å²) >= 11 is 0. The number of carboxylic acids is 1. The maximum absolute atomic E-state index is 11.1. The van der Waals surface area contributed by atoms with Crippen LogP contribution in [0.25, 0.3) is 22.6 Å². The molecular formula is C25H16N2O6. The Morgan fingerprint density at radius 1 is 1.09 bits per heavy atom. The summed E-state index contributed by atoms with van der Waals surface area (Å²) in [6, 6.07) is 19.2. The summed E-state index contributed by atoms with van der Waals surface area (Å²) in [5.74, 6) is 0.905. The van der Waals surface area contributed by atoms with E-state index in [-0.39, 0.29) is 30.4 Å². The number of benzene rings is 2. The van der Waals surface area contributed by atoms with E-state index in [0.29, 0.717) is 28.5 Å². The van der Waals surface area contributed by atoms with Gasteiger partial charge in [-0.25, -0.2) is 9.78 Å². The van der Waals surface area contributed by atoms with E-state index in [4.69, 9.17) is 23.7 Å². The molecule has 0 amide bonds. The molecule has 1 aliphatic heterocycles. The van der Waals surface area contributed by atoms with Crippen LogP contribution in [0.3, 0.4) is 0 Å². The average Bonchev–Trinajstić information content (AvgIpc) is 3.54. The summed E-state index contributed by atoms with van der Waals surface area (Å²) in [7, 11) is 0. The summed E-state index contributed by atoms with van der Waals surface area (Å²) in [4.78, 5) is 15.7. The summed E-state index contributed by atoms with van der Waals surface area (Å²) in [5, 5.41) is 18.9. The fraction of sp³-hybridized carbons (Fsp3) is 0.0800. The van der Waals surface area contributed by atoms with Crippen LogP contribution >= 0.6 is 0 Å². The quantitative estimate of drug-likeness (QED) is 0.451. The molecule has 8 heteroatoms. The summed E-state index contributed by atoms with van der Waals surface area (Å²) in [6.07, 6.45) is 1.53. The van der Waals surface area contributed by atoms with E-state index in [0.717, 1.165) is 11.1 Å². The summed E-state index contributed by atoms with van der Waals surface area (Å²) in [6.45, 7) is 0.260. The highest BCUT2D eigenvalue weighted by Gasteiger charge is 2.20. The van der Waals surface area contributed by atoms with E-state index in [9.17, 15) is 10.1 Å². The van der Waals surface area contributed by atoms with Crippen LogP contribution in [-0.2, 0) is 6.61 Å². The molecule has 0 saturated carbocycles. The van der Waals surface area contributed by atoms with Crippen LogP contribution < -0.4 is 14.2 Å². The Hall–Kier alpha value is -4.77. The first-order valence-corrected chi connectivity index (χ1v) is 9.96. The van der Waals surface area contributed by atoms with E-state index in [1.165, 1.54) is 18.4 Å². The number of furan rings is 1. The van der Waals surface area contributed by atoms with Crippen molar-refractivity contribution < 1.29 is 28.5 Å². The highest BCUT2D eigenvalue weighted by Crippen LogP contribution is 2.38. The fourth-order valence-electron chi connectivity index (χ4n) is 3.46. The number of rotatable bonds is 6. The van der Waals surface area contributed by atoms with Crippen molar-refractivity contribution in [2.24, 2.45) is 0 Å². The minimum atomic E-state index is -1.00. The molecule has 0 unspecified atom stereocenters. The summed E-state index contributed by atoms with van der Waals surface area (Å²) in [5.41, 5.74) is 3.01. The number of aromatic nitrogens is 1. The summed E-state index contributed by atoms with van der Waals surface area (Å²) < 4.78 is 22.3. The highest BCUT2D eigenvalue weighted by molar-refractivity contribution is 5.87. The number of carbonyl (C=O) groups is 1. The number of fused-ring (bicyclic) bond motifs is 1. The van der Waals surface area contributed by atoms with Crippen molar-refractivity contribution in [1.82, 2.24) is 4.98 Å². The number of hydrogen-bond acceptors (Lipinski definition) is 7. The third-order valence-electron chi connectivity index (χ3n) is 5.13. The molecule has 0 atom stereocenters. The van der Waals surface area contributed by atoms with E-state index in [1.807, 2.05) is 12.1 Å². The molecule has 0 radical (unpaired) electrons. The van der Waals surface area contributed by atoms with Crippen molar-refractivity contribution in [2.75, 3.05) is 6.79 Å². The number of ether oxygens (including phenoxy) is 3. The first-order chi connectivity index (χ1) is 16.1. The van der Waals surface area contributed by atoms with Gasteiger partial charge in [-0.05, 0) is 54.1 Å².